The van der Waals surface area contributed by atoms with E-state index in [-0.39, 0.29) is 11.5 Å². The fourth-order valence-electron chi connectivity index (χ4n) is 1.93. The molecule has 0 aromatic heterocycles. The van der Waals surface area contributed by atoms with Gasteiger partial charge in [-0.2, -0.15) is 0 Å². The van der Waals surface area contributed by atoms with Crippen LogP contribution in [0, 0.1) is 0 Å². The summed E-state index contributed by atoms with van der Waals surface area (Å²) in [6.07, 6.45) is 2.56. The van der Waals surface area contributed by atoms with E-state index < -0.39 is 0 Å². The Balaban J connectivity index is 2.63. The summed E-state index contributed by atoms with van der Waals surface area (Å²) in [6.45, 7) is 0.691. The molecule has 0 atom stereocenters. The monoisotopic (exact) mass is 266 g/mol. The number of hydrogen-bond acceptors (Lipinski definition) is 4. The summed E-state index contributed by atoms with van der Waals surface area (Å²) >= 11 is 3.23. The van der Waals surface area contributed by atoms with Crippen molar-refractivity contribution in [3.63, 3.8) is 0 Å². The highest BCUT2D eigenvalue weighted by Crippen LogP contribution is 2.38. The van der Waals surface area contributed by atoms with E-state index in [1.807, 2.05) is 0 Å². The van der Waals surface area contributed by atoms with Crippen molar-refractivity contribution in [2.75, 3.05) is 6.54 Å². The summed E-state index contributed by atoms with van der Waals surface area (Å²) in [5, 5.41) is 20.9. The third-order valence-corrected chi connectivity index (χ3v) is 3.41. The molecule has 4 nitrogen and oxygen atoms in total. The number of halogens is 1. The van der Waals surface area contributed by atoms with Crippen molar-refractivity contribution in [1.82, 2.24) is 0 Å². The van der Waals surface area contributed by atoms with Gasteiger partial charge in [-0.1, -0.05) is 0 Å². The standard InChI is InChI=1S/C10H7BrN2O2/c11-6-7-5-4(1-2-12-7)3-13-8(5)10(15)9(6)14/h3,14-15H,1-2H2. The summed E-state index contributed by atoms with van der Waals surface area (Å²) in [4.78, 5) is 8.43. The number of aliphatic imine (C=N–C) groups is 1. The van der Waals surface area contributed by atoms with Gasteiger partial charge in [0.25, 0.3) is 0 Å². The third kappa shape index (κ3) is 1.01. The van der Waals surface area contributed by atoms with Crippen LogP contribution in [0.2, 0.25) is 0 Å². The lowest BCUT2D eigenvalue weighted by molar-refractivity contribution is 0.401. The molecule has 0 bridgehead atoms. The molecule has 15 heavy (non-hydrogen) atoms. The number of phenols is 2. The summed E-state index contributed by atoms with van der Waals surface area (Å²) in [6, 6.07) is 0. The van der Waals surface area contributed by atoms with Crippen LogP contribution in [-0.2, 0) is 0 Å². The van der Waals surface area contributed by atoms with Crippen LogP contribution >= 0.6 is 15.9 Å². The third-order valence-electron chi connectivity index (χ3n) is 2.66. The summed E-state index contributed by atoms with van der Waals surface area (Å²) in [5.41, 5.74) is 1.51. The molecule has 2 aliphatic rings. The Labute approximate surface area is 93.4 Å². The molecule has 0 amide bonds. The molecule has 0 saturated carbocycles. The fraction of sp³-hybridized carbons (Fsp3) is 0.200. The van der Waals surface area contributed by atoms with Crippen molar-refractivity contribution in [2.24, 2.45) is 9.98 Å². The van der Waals surface area contributed by atoms with Gasteiger partial charge in [0.2, 0.25) is 0 Å². The van der Waals surface area contributed by atoms with E-state index in [4.69, 9.17) is 0 Å². The largest absolute Gasteiger partial charge is 0.503 e. The van der Waals surface area contributed by atoms with Gasteiger partial charge < -0.3 is 10.2 Å². The van der Waals surface area contributed by atoms with Gasteiger partial charge in [0, 0.05) is 18.0 Å². The molecule has 0 spiro atoms. The van der Waals surface area contributed by atoms with Gasteiger partial charge in [0.05, 0.1) is 9.83 Å². The Kier molecular flexibility index (Phi) is 1.68. The van der Waals surface area contributed by atoms with Crippen LogP contribution in [0.4, 0.5) is 5.69 Å². The van der Waals surface area contributed by atoms with Gasteiger partial charge in [-0.15, -0.1) is 0 Å². The Hall–Kier alpha value is -1.36. The maximum Gasteiger partial charge on any atom is 0.185 e. The average molecular weight is 267 g/mol. The van der Waals surface area contributed by atoms with E-state index in [0.717, 1.165) is 17.2 Å². The first kappa shape index (κ1) is 8.91. The SMILES string of the molecule is Oc1c(O)c2c3c(c1Br)=NCCC=3C=N2. The number of rotatable bonds is 0. The Bertz CT molecular complexity index is 620. The predicted octanol–water partition coefficient (Wildman–Crippen LogP) is 0.750. The zero-order chi connectivity index (χ0) is 10.6. The molecule has 1 aromatic rings. The Morgan fingerprint density at radius 1 is 1.27 bits per heavy atom. The molecule has 0 unspecified atom stereocenters. The molecule has 0 fully saturated rings. The van der Waals surface area contributed by atoms with Gasteiger partial charge in [-0.3, -0.25) is 9.98 Å². The van der Waals surface area contributed by atoms with E-state index in [0.29, 0.717) is 22.1 Å². The Morgan fingerprint density at radius 3 is 2.87 bits per heavy atom. The molecule has 5 heteroatoms. The zero-order valence-corrected chi connectivity index (χ0v) is 9.24. The van der Waals surface area contributed by atoms with Crippen LogP contribution in [0.1, 0.15) is 6.42 Å². The van der Waals surface area contributed by atoms with Crippen molar-refractivity contribution in [1.29, 1.82) is 0 Å². The lowest BCUT2D eigenvalue weighted by atomic mass is 10.1. The number of benzene rings is 1. The highest BCUT2D eigenvalue weighted by Gasteiger charge is 2.22. The molecular weight excluding hydrogens is 260 g/mol. The van der Waals surface area contributed by atoms with Crippen LogP contribution in [0.25, 0.3) is 5.57 Å². The van der Waals surface area contributed by atoms with Gasteiger partial charge in [-0.05, 0) is 27.9 Å². The number of nitrogens with zero attached hydrogens (tertiary/aromatic N) is 2. The smallest absolute Gasteiger partial charge is 0.185 e. The minimum atomic E-state index is -0.187. The summed E-state index contributed by atoms with van der Waals surface area (Å²) in [5.74, 6) is -0.364. The van der Waals surface area contributed by atoms with Crippen molar-refractivity contribution in [2.45, 2.75) is 6.42 Å². The molecule has 0 radical (unpaired) electrons. The average Bonchev–Trinajstić information content (AvgIpc) is 2.68. The highest BCUT2D eigenvalue weighted by atomic mass is 79.9. The zero-order valence-electron chi connectivity index (χ0n) is 7.66. The second-order valence-electron chi connectivity index (χ2n) is 3.50. The first-order chi connectivity index (χ1) is 7.20. The quantitative estimate of drug-likeness (QED) is 0.681. The van der Waals surface area contributed by atoms with Crippen molar-refractivity contribution >= 4 is 33.4 Å². The summed E-state index contributed by atoms with van der Waals surface area (Å²) < 4.78 is 0.446. The molecule has 1 aromatic carbocycles. The van der Waals surface area contributed by atoms with Crippen molar-refractivity contribution in [3.05, 3.63) is 15.0 Å². The minimum Gasteiger partial charge on any atom is -0.503 e. The maximum atomic E-state index is 9.71. The van der Waals surface area contributed by atoms with E-state index in [1.54, 1.807) is 6.21 Å². The van der Waals surface area contributed by atoms with Gasteiger partial charge in [0.15, 0.2) is 11.5 Å². The van der Waals surface area contributed by atoms with Crippen molar-refractivity contribution in [3.8, 4) is 11.5 Å². The maximum absolute atomic E-state index is 9.71. The molecule has 2 N–H and O–H groups in total. The van der Waals surface area contributed by atoms with E-state index in [9.17, 15) is 10.2 Å². The molecule has 2 aliphatic heterocycles. The van der Waals surface area contributed by atoms with Crippen molar-refractivity contribution < 1.29 is 10.2 Å². The van der Waals surface area contributed by atoms with E-state index in [1.165, 1.54) is 0 Å². The fourth-order valence-corrected chi connectivity index (χ4v) is 2.44. The van der Waals surface area contributed by atoms with Crippen LogP contribution in [-0.4, -0.2) is 23.0 Å². The predicted molar refractivity (Wildman–Crippen MR) is 59.3 cm³/mol. The first-order valence-corrected chi connectivity index (χ1v) is 5.34. The lowest BCUT2D eigenvalue weighted by Crippen LogP contribution is -2.31. The number of aromatic hydroxyl groups is 2. The van der Waals surface area contributed by atoms with Gasteiger partial charge in [-0.25, -0.2) is 0 Å². The molecule has 2 heterocycles. The normalized spacial score (nSPS) is 16.5. The number of phenolic OH excluding ortho intramolecular Hbond substituents is 2. The number of hydrogen-bond donors (Lipinski definition) is 2. The van der Waals surface area contributed by atoms with E-state index >= 15 is 0 Å². The van der Waals surface area contributed by atoms with Gasteiger partial charge in [0.1, 0.15) is 5.69 Å². The second kappa shape index (κ2) is 2.82. The van der Waals surface area contributed by atoms with Crippen LogP contribution in [0.3, 0.4) is 0 Å². The molecule has 0 aliphatic carbocycles. The summed E-state index contributed by atoms with van der Waals surface area (Å²) in [7, 11) is 0. The van der Waals surface area contributed by atoms with E-state index in [2.05, 4.69) is 25.9 Å². The second-order valence-corrected chi connectivity index (χ2v) is 4.29. The van der Waals surface area contributed by atoms with Gasteiger partial charge >= 0.3 is 0 Å². The van der Waals surface area contributed by atoms with Crippen LogP contribution < -0.4 is 10.6 Å². The first-order valence-electron chi connectivity index (χ1n) is 4.55. The molecule has 0 saturated heterocycles. The minimum absolute atomic E-state index is 0.177. The topological polar surface area (TPSA) is 65.2 Å². The highest BCUT2D eigenvalue weighted by molar-refractivity contribution is 9.10. The Morgan fingerprint density at radius 2 is 2.07 bits per heavy atom. The molecule has 76 valence electrons. The molecule has 3 rings (SSSR count). The van der Waals surface area contributed by atoms with Crippen LogP contribution in [0.15, 0.2) is 14.5 Å². The molecular formula is C10H7BrN2O2. The lowest BCUT2D eigenvalue weighted by Gasteiger charge is -2.08. The van der Waals surface area contributed by atoms with Crippen LogP contribution in [0.5, 0.6) is 11.5 Å².